The molecule has 6 heteroatoms. The van der Waals surface area contributed by atoms with E-state index in [2.05, 4.69) is 5.32 Å². The Morgan fingerprint density at radius 1 is 1.30 bits per heavy atom. The van der Waals surface area contributed by atoms with Gasteiger partial charge in [0.15, 0.2) is 0 Å². The van der Waals surface area contributed by atoms with Crippen LogP contribution in [0, 0.1) is 18.3 Å². The molecule has 100 valence electrons. The van der Waals surface area contributed by atoms with E-state index in [-0.39, 0.29) is 10.8 Å². The van der Waals surface area contributed by atoms with Gasteiger partial charge in [0.2, 0.25) is 0 Å². The van der Waals surface area contributed by atoms with E-state index in [0.717, 1.165) is 11.3 Å². The standard InChI is InChI=1S/C14H10N2O3S/c1-8-6-11(20-12(8)14(18)19)16-13(17)10-4-2-9(7-15)3-5-10/h2-6H,1H3,(H,16,17)(H,18,19). The highest BCUT2D eigenvalue weighted by Crippen LogP contribution is 2.26. The highest BCUT2D eigenvalue weighted by Gasteiger charge is 2.14. The number of carbonyl (C=O) groups excluding carboxylic acids is 1. The molecule has 1 aromatic carbocycles. The highest BCUT2D eigenvalue weighted by atomic mass is 32.1. The first-order valence-electron chi connectivity index (χ1n) is 5.66. The van der Waals surface area contributed by atoms with Crippen LogP contribution in [-0.2, 0) is 0 Å². The first kappa shape index (κ1) is 13.8. The highest BCUT2D eigenvalue weighted by molar-refractivity contribution is 7.18. The zero-order chi connectivity index (χ0) is 14.7. The Balaban J connectivity index is 2.17. The van der Waals surface area contributed by atoms with Crippen LogP contribution in [0.2, 0.25) is 0 Å². The molecular weight excluding hydrogens is 276 g/mol. The number of carbonyl (C=O) groups is 2. The van der Waals surface area contributed by atoms with E-state index in [0.29, 0.717) is 21.7 Å². The third-order valence-electron chi connectivity index (χ3n) is 2.62. The van der Waals surface area contributed by atoms with Crippen LogP contribution in [0.5, 0.6) is 0 Å². The van der Waals surface area contributed by atoms with Crippen molar-refractivity contribution in [2.45, 2.75) is 6.92 Å². The normalized spacial score (nSPS) is 9.80. The van der Waals surface area contributed by atoms with E-state index in [9.17, 15) is 9.59 Å². The van der Waals surface area contributed by atoms with E-state index in [1.165, 1.54) is 0 Å². The molecule has 0 atom stereocenters. The molecule has 1 heterocycles. The van der Waals surface area contributed by atoms with Crippen molar-refractivity contribution in [3.8, 4) is 6.07 Å². The zero-order valence-corrected chi connectivity index (χ0v) is 11.3. The molecule has 1 aromatic heterocycles. The number of nitrogens with zero attached hydrogens (tertiary/aromatic N) is 1. The molecule has 5 nitrogen and oxygen atoms in total. The van der Waals surface area contributed by atoms with Gasteiger partial charge in [-0.15, -0.1) is 11.3 Å². The van der Waals surface area contributed by atoms with Gasteiger partial charge in [-0.3, -0.25) is 4.79 Å². The van der Waals surface area contributed by atoms with Gasteiger partial charge in [0.25, 0.3) is 5.91 Å². The summed E-state index contributed by atoms with van der Waals surface area (Å²) < 4.78 is 0. The maximum absolute atomic E-state index is 12.0. The molecule has 0 saturated heterocycles. The quantitative estimate of drug-likeness (QED) is 0.907. The number of amides is 1. The molecule has 20 heavy (non-hydrogen) atoms. The van der Waals surface area contributed by atoms with Crippen LogP contribution in [0.3, 0.4) is 0 Å². The lowest BCUT2D eigenvalue weighted by atomic mass is 10.1. The third-order valence-corrected chi connectivity index (χ3v) is 3.77. The van der Waals surface area contributed by atoms with Crippen molar-refractivity contribution >= 4 is 28.2 Å². The van der Waals surface area contributed by atoms with Crippen molar-refractivity contribution in [2.24, 2.45) is 0 Å². The van der Waals surface area contributed by atoms with Gasteiger partial charge in [-0.05, 0) is 42.8 Å². The fraction of sp³-hybridized carbons (Fsp3) is 0.0714. The average Bonchev–Trinajstić information content (AvgIpc) is 2.79. The summed E-state index contributed by atoms with van der Waals surface area (Å²) in [7, 11) is 0. The number of hydrogen-bond donors (Lipinski definition) is 2. The van der Waals surface area contributed by atoms with Crippen molar-refractivity contribution in [1.82, 2.24) is 0 Å². The molecule has 0 radical (unpaired) electrons. The summed E-state index contributed by atoms with van der Waals surface area (Å²) in [5.41, 5.74) is 1.49. The predicted octanol–water partition coefficient (Wildman–Crippen LogP) is 2.88. The summed E-state index contributed by atoms with van der Waals surface area (Å²) in [6.45, 7) is 1.68. The number of hydrogen-bond acceptors (Lipinski definition) is 4. The monoisotopic (exact) mass is 286 g/mol. The van der Waals surface area contributed by atoms with Crippen LogP contribution >= 0.6 is 11.3 Å². The fourth-order valence-corrected chi connectivity index (χ4v) is 2.54. The first-order valence-corrected chi connectivity index (χ1v) is 6.48. The van der Waals surface area contributed by atoms with E-state index in [1.807, 2.05) is 6.07 Å². The van der Waals surface area contributed by atoms with Gasteiger partial charge in [0.05, 0.1) is 16.6 Å². The van der Waals surface area contributed by atoms with Gasteiger partial charge < -0.3 is 10.4 Å². The summed E-state index contributed by atoms with van der Waals surface area (Å²) >= 11 is 1.01. The number of rotatable bonds is 3. The minimum absolute atomic E-state index is 0.208. The molecule has 0 aliphatic rings. The molecule has 0 spiro atoms. The molecule has 2 aromatic rings. The van der Waals surface area contributed by atoms with Gasteiger partial charge in [0, 0.05) is 5.56 Å². The van der Waals surface area contributed by atoms with Crippen molar-refractivity contribution in [2.75, 3.05) is 5.32 Å². The molecular formula is C14H10N2O3S. The van der Waals surface area contributed by atoms with E-state index < -0.39 is 5.97 Å². The number of carboxylic acid groups (broad SMARTS) is 1. The topological polar surface area (TPSA) is 90.2 Å². The second-order valence-electron chi connectivity index (χ2n) is 4.07. The number of thiophene rings is 1. The van der Waals surface area contributed by atoms with Gasteiger partial charge in [-0.2, -0.15) is 5.26 Å². The SMILES string of the molecule is Cc1cc(NC(=O)c2ccc(C#N)cc2)sc1C(=O)O. The lowest BCUT2D eigenvalue weighted by Gasteiger charge is -2.02. The van der Waals surface area contributed by atoms with E-state index in [1.54, 1.807) is 37.3 Å². The summed E-state index contributed by atoms with van der Waals surface area (Å²) in [5.74, 6) is -1.35. The minimum Gasteiger partial charge on any atom is -0.477 e. The number of aryl methyl sites for hydroxylation is 1. The van der Waals surface area contributed by atoms with Crippen LogP contribution < -0.4 is 5.32 Å². The Labute approximate surface area is 119 Å². The van der Waals surface area contributed by atoms with Gasteiger partial charge in [-0.25, -0.2) is 4.79 Å². The van der Waals surface area contributed by atoms with Crippen molar-refractivity contribution in [1.29, 1.82) is 5.26 Å². The molecule has 0 unspecified atom stereocenters. The Hall–Kier alpha value is -2.65. The second-order valence-corrected chi connectivity index (χ2v) is 5.12. The van der Waals surface area contributed by atoms with Gasteiger partial charge >= 0.3 is 5.97 Å². The molecule has 0 saturated carbocycles. The van der Waals surface area contributed by atoms with Crippen LogP contribution in [0.1, 0.15) is 31.2 Å². The molecule has 0 aliphatic carbocycles. The molecule has 0 fully saturated rings. The Morgan fingerprint density at radius 2 is 1.95 bits per heavy atom. The summed E-state index contributed by atoms with van der Waals surface area (Å²) in [4.78, 5) is 23.1. The summed E-state index contributed by atoms with van der Waals surface area (Å²) in [6.07, 6.45) is 0. The molecule has 2 N–H and O–H groups in total. The van der Waals surface area contributed by atoms with E-state index >= 15 is 0 Å². The largest absolute Gasteiger partial charge is 0.477 e. The van der Waals surface area contributed by atoms with Gasteiger partial charge in [0.1, 0.15) is 4.88 Å². The summed E-state index contributed by atoms with van der Waals surface area (Å²) in [5, 5.41) is 20.8. The Kier molecular flexibility index (Phi) is 3.82. The Bertz CT molecular complexity index is 711. The van der Waals surface area contributed by atoms with E-state index in [4.69, 9.17) is 10.4 Å². The molecule has 2 rings (SSSR count). The minimum atomic E-state index is -1.01. The Morgan fingerprint density at radius 3 is 2.45 bits per heavy atom. The molecule has 1 amide bonds. The molecule has 0 bridgehead atoms. The number of benzene rings is 1. The second kappa shape index (κ2) is 5.55. The van der Waals surface area contributed by atoms with Crippen molar-refractivity contribution in [3.63, 3.8) is 0 Å². The average molecular weight is 286 g/mol. The van der Waals surface area contributed by atoms with Crippen molar-refractivity contribution in [3.05, 3.63) is 51.9 Å². The van der Waals surface area contributed by atoms with Crippen LogP contribution in [0.4, 0.5) is 5.00 Å². The lowest BCUT2D eigenvalue weighted by Crippen LogP contribution is -2.10. The zero-order valence-electron chi connectivity index (χ0n) is 10.5. The first-order chi connectivity index (χ1) is 9.51. The number of aromatic carboxylic acids is 1. The number of anilines is 1. The fourth-order valence-electron chi connectivity index (χ4n) is 1.64. The third kappa shape index (κ3) is 2.84. The van der Waals surface area contributed by atoms with Crippen LogP contribution in [0.15, 0.2) is 30.3 Å². The van der Waals surface area contributed by atoms with Crippen molar-refractivity contribution < 1.29 is 14.7 Å². The van der Waals surface area contributed by atoms with Crippen LogP contribution in [0.25, 0.3) is 0 Å². The number of nitriles is 1. The maximum Gasteiger partial charge on any atom is 0.346 e. The number of carboxylic acids is 1. The maximum atomic E-state index is 12.0. The summed E-state index contributed by atoms with van der Waals surface area (Å²) in [6, 6.07) is 9.79. The smallest absolute Gasteiger partial charge is 0.346 e. The van der Waals surface area contributed by atoms with Crippen LogP contribution in [-0.4, -0.2) is 17.0 Å². The number of nitrogens with one attached hydrogen (secondary N) is 1. The van der Waals surface area contributed by atoms with Gasteiger partial charge in [-0.1, -0.05) is 0 Å². The lowest BCUT2D eigenvalue weighted by molar-refractivity contribution is 0.0701. The predicted molar refractivity (Wildman–Crippen MR) is 75.1 cm³/mol. The molecule has 0 aliphatic heterocycles.